The Morgan fingerprint density at radius 2 is 1.81 bits per heavy atom. The van der Waals surface area contributed by atoms with Crippen LogP contribution in [0.1, 0.15) is 39.7 Å². The fourth-order valence-corrected chi connectivity index (χ4v) is 2.57. The van der Waals surface area contributed by atoms with Crippen LogP contribution in [0.2, 0.25) is 0 Å². The number of nitrogens with zero attached hydrogens (tertiary/aromatic N) is 4. The summed E-state index contributed by atoms with van der Waals surface area (Å²) in [6.07, 6.45) is 1.95. The highest BCUT2D eigenvalue weighted by Crippen LogP contribution is 2.31. The first-order valence-electron chi connectivity index (χ1n) is 7.02. The van der Waals surface area contributed by atoms with Gasteiger partial charge in [0, 0.05) is 17.3 Å². The first kappa shape index (κ1) is 15.3. The molecule has 0 amide bonds. The second kappa shape index (κ2) is 6.15. The summed E-state index contributed by atoms with van der Waals surface area (Å²) in [4.78, 5) is 0. The molecule has 0 aliphatic heterocycles. The minimum atomic E-state index is -0.983. The van der Waals surface area contributed by atoms with Gasteiger partial charge in [-0.05, 0) is 29.3 Å². The van der Waals surface area contributed by atoms with E-state index in [9.17, 15) is 8.78 Å². The van der Waals surface area contributed by atoms with Crippen molar-refractivity contribution < 1.29 is 8.78 Å². The number of aromatic nitrogens is 4. The first-order chi connectivity index (χ1) is 9.99. The van der Waals surface area contributed by atoms with Gasteiger partial charge in [0.25, 0.3) is 0 Å². The predicted molar refractivity (Wildman–Crippen MR) is 76.4 cm³/mol. The van der Waals surface area contributed by atoms with E-state index in [4.69, 9.17) is 5.73 Å². The summed E-state index contributed by atoms with van der Waals surface area (Å²) in [6.45, 7) is 6.20. The molecule has 0 saturated carbocycles. The van der Waals surface area contributed by atoms with Crippen LogP contribution in [0.3, 0.4) is 0 Å². The van der Waals surface area contributed by atoms with Gasteiger partial charge in [0.15, 0.2) is 17.5 Å². The molecule has 2 rings (SSSR count). The van der Waals surface area contributed by atoms with E-state index < -0.39 is 11.6 Å². The molecule has 5 nitrogen and oxygen atoms in total. The molecular weight excluding hydrogens is 276 g/mol. The zero-order valence-electron chi connectivity index (χ0n) is 12.3. The van der Waals surface area contributed by atoms with Crippen LogP contribution in [0.5, 0.6) is 0 Å². The van der Waals surface area contributed by atoms with Gasteiger partial charge in [-0.15, -0.1) is 5.10 Å². The van der Waals surface area contributed by atoms with E-state index >= 15 is 0 Å². The third-order valence-electron chi connectivity index (χ3n) is 3.94. The van der Waals surface area contributed by atoms with Gasteiger partial charge in [0.2, 0.25) is 0 Å². The van der Waals surface area contributed by atoms with Crippen LogP contribution in [-0.4, -0.2) is 20.2 Å². The molecule has 7 heteroatoms. The van der Waals surface area contributed by atoms with Crippen molar-refractivity contribution in [2.75, 3.05) is 5.73 Å². The standard InChI is InChI=1S/C14H19F2N5/c1-4-9(5-2)8(3)21-14(18-19-20-21)10-6-11(15)12(16)7-13(10)17/h6-9H,4-5,17H2,1-3H3. The average molecular weight is 295 g/mol. The Balaban J connectivity index is 2.48. The molecule has 0 spiro atoms. The second-order valence-corrected chi connectivity index (χ2v) is 5.12. The molecule has 0 radical (unpaired) electrons. The van der Waals surface area contributed by atoms with Crippen molar-refractivity contribution in [2.24, 2.45) is 5.92 Å². The maximum absolute atomic E-state index is 13.5. The fraction of sp³-hybridized carbons (Fsp3) is 0.500. The number of halogens is 2. The second-order valence-electron chi connectivity index (χ2n) is 5.12. The Hall–Kier alpha value is -2.05. The summed E-state index contributed by atoms with van der Waals surface area (Å²) in [5, 5.41) is 11.6. The molecule has 1 aromatic heterocycles. The van der Waals surface area contributed by atoms with Gasteiger partial charge in [-0.1, -0.05) is 26.7 Å². The molecule has 114 valence electrons. The zero-order chi connectivity index (χ0) is 15.6. The van der Waals surface area contributed by atoms with E-state index in [0.29, 0.717) is 17.3 Å². The van der Waals surface area contributed by atoms with Crippen molar-refractivity contribution in [3.63, 3.8) is 0 Å². The maximum Gasteiger partial charge on any atom is 0.184 e. The van der Waals surface area contributed by atoms with Gasteiger partial charge in [0.05, 0.1) is 6.04 Å². The SMILES string of the molecule is CCC(CC)C(C)n1nnnc1-c1cc(F)c(F)cc1N. The van der Waals surface area contributed by atoms with E-state index in [1.54, 1.807) is 4.68 Å². The Morgan fingerprint density at radius 3 is 2.43 bits per heavy atom. The number of hydrogen-bond acceptors (Lipinski definition) is 4. The predicted octanol–water partition coefficient (Wildman–Crippen LogP) is 3.20. The number of nitrogens with two attached hydrogens (primary N) is 1. The van der Waals surface area contributed by atoms with E-state index in [0.717, 1.165) is 25.0 Å². The van der Waals surface area contributed by atoms with E-state index in [-0.39, 0.29) is 11.7 Å². The largest absolute Gasteiger partial charge is 0.398 e. The summed E-state index contributed by atoms with van der Waals surface area (Å²) >= 11 is 0. The van der Waals surface area contributed by atoms with Crippen LogP contribution in [0, 0.1) is 17.6 Å². The monoisotopic (exact) mass is 295 g/mol. The minimum absolute atomic E-state index is 0.0394. The van der Waals surface area contributed by atoms with E-state index in [1.807, 2.05) is 6.92 Å². The Labute approximate surface area is 122 Å². The molecule has 2 aromatic rings. The summed E-state index contributed by atoms with van der Waals surface area (Å²) < 4.78 is 28.3. The lowest BCUT2D eigenvalue weighted by atomic mass is 9.95. The molecule has 21 heavy (non-hydrogen) atoms. The number of rotatable bonds is 5. The van der Waals surface area contributed by atoms with Crippen molar-refractivity contribution in [3.8, 4) is 11.4 Å². The molecule has 1 atom stereocenters. The molecule has 0 aliphatic carbocycles. The van der Waals surface area contributed by atoms with Crippen LogP contribution in [0.25, 0.3) is 11.4 Å². The van der Waals surface area contributed by atoms with Gasteiger partial charge in [-0.3, -0.25) is 0 Å². The maximum atomic E-state index is 13.5. The smallest absolute Gasteiger partial charge is 0.184 e. The third kappa shape index (κ3) is 2.86. The van der Waals surface area contributed by atoms with Gasteiger partial charge in [0.1, 0.15) is 0 Å². The number of benzene rings is 1. The van der Waals surface area contributed by atoms with Crippen LogP contribution in [-0.2, 0) is 0 Å². The third-order valence-corrected chi connectivity index (χ3v) is 3.94. The van der Waals surface area contributed by atoms with E-state index in [2.05, 4.69) is 29.4 Å². The number of hydrogen-bond donors (Lipinski definition) is 1. The Kier molecular flexibility index (Phi) is 4.50. The van der Waals surface area contributed by atoms with Crippen molar-refractivity contribution in [1.29, 1.82) is 0 Å². The minimum Gasteiger partial charge on any atom is -0.398 e. The fourth-order valence-electron chi connectivity index (χ4n) is 2.57. The molecule has 1 aromatic carbocycles. The van der Waals surface area contributed by atoms with Gasteiger partial charge in [-0.25, -0.2) is 13.5 Å². The zero-order valence-corrected chi connectivity index (χ0v) is 12.3. The van der Waals surface area contributed by atoms with Gasteiger partial charge >= 0.3 is 0 Å². The Morgan fingerprint density at radius 1 is 1.19 bits per heavy atom. The van der Waals surface area contributed by atoms with Crippen molar-refractivity contribution >= 4 is 5.69 Å². The molecule has 0 fully saturated rings. The summed E-state index contributed by atoms with van der Waals surface area (Å²) in [5.41, 5.74) is 6.19. The topological polar surface area (TPSA) is 69.6 Å². The van der Waals surface area contributed by atoms with Crippen molar-refractivity contribution in [3.05, 3.63) is 23.8 Å². The number of anilines is 1. The highest BCUT2D eigenvalue weighted by molar-refractivity contribution is 5.71. The molecule has 0 saturated heterocycles. The Bertz CT molecular complexity index is 622. The number of tetrazole rings is 1. The molecule has 2 N–H and O–H groups in total. The van der Waals surface area contributed by atoms with Crippen molar-refractivity contribution in [1.82, 2.24) is 20.2 Å². The highest BCUT2D eigenvalue weighted by atomic mass is 19.2. The molecule has 1 unspecified atom stereocenters. The lowest BCUT2D eigenvalue weighted by molar-refractivity contribution is 0.309. The average Bonchev–Trinajstić information content (AvgIpc) is 2.93. The lowest BCUT2D eigenvalue weighted by Gasteiger charge is -2.22. The highest BCUT2D eigenvalue weighted by Gasteiger charge is 2.23. The summed E-state index contributed by atoms with van der Waals surface area (Å²) in [7, 11) is 0. The van der Waals surface area contributed by atoms with Crippen LogP contribution < -0.4 is 5.73 Å². The quantitative estimate of drug-likeness (QED) is 0.860. The van der Waals surface area contributed by atoms with Crippen LogP contribution in [0.15, 0.2) is 12.1 Å². The molecular formula is C14H19F2N5. The van der Waals surface area contributed by atoms with E-state index in [1.165, 1.54) is 0 Å². The van der Waals surface area contributed by atoms with Gasteiger partial charge < -0.3 is 5.73 Å². The molecule has 0 aliphatic rings. The van der Waals surface area contributed by atoms with Crippen LogP contribution >= 0.6 is 0 Å². The summed E-state index contributed by atoms with van der Waals surface area (Å²) in [6, 6.07) is 2.02. The lowest BCUT2D eigenvalue weighted by Crippen LogP contribution is -2.18. The summed E-state index contributed by atoms with van der Waals surface area (Å²) in [5.74, 6) is -1.21. The molecule has 1 heterocycles. The van der Waals surface area contributed by atoms with Crippen molar-refractivity contribution in [2.45, 2.75) is 39.7 Å². The first-order valence-corrected chi connectivity index (χ1v) is 7.02. The molecule has 0 bridgehead atoms. The van der Waals surface area contributed by atoms with Gasteiger partial charge in [-0.2, -0.15) is 0 Å². The number of nitrogen functional groups attached to an aromatic ring is 1. The normalized spacial score (nSPS) is 12.9. The van der Waals surface area contributed by atoms with Crippen LogP contribution in [0.4, 0.5) is 14.5 Å².